The molecule has 41 heavy (non-hydrogen) atoms. The van der Waals surface area contributed by atoms with Crippen molar-refractivity contribution in [3.05, 3.63) is 36.0 Å². The first-order valence-electron chi connectivity index (χ1n) is 14.3. The van der Waals surface area contributed by atoms with Crippen LogP contribution in [0.1, 0.15) is 57.8 Å². The number of aryl methyl sites for hydroxylation is 1. The van der Waals surface area contributed by atoms with Gasteiger partial charge in [0.05, 0.1) is 37.7 Å². The van der Waals surface area contributed by atoms with Gasteiger partial charge in [-0.15, -0.1) is 6.58 Å². The fraction of sp³-hybridized carbons (Fsp3) is 0.633. The Labute approximate surface area is 245 Å². The lowest BCUT2D eigenvalue weighted by molar-refractivity contribution is -0.164. The molecule has 1 amide bonds. The summed E-state index contributed by atoms with van der Waals surface area (Å²) in [5, 5.41) is 2.78. The van der Waals surface area contributed by atoms with Gasteiger partial charge in [0, 0.05) is 26.7 Å². The van der Waals surface area contributed by atoms with E-state index in [0.29, 0.717) is 43.3 Å². The molecule has 0 radical (unpaired) electrons. The second-order valence-corrected chi connectivity index (χ2v) is 18.8. The molecule has 0 aliphatic carbocycles. The number of esters is 1. The average molecular weight is 589 g/mol. The van der Waals surface area contributed by atoms with E-state index in [4.69, 9.17) is 18.9 Å². The van der Waals surface area contributed by atoms with Gasteiger partial charge in [-0.3, -0.25) is 9.72 Å². The number of carbonyl (C=O) groups is 2. The highest BCUT2D eigenvalue weighted by atomic mass is 28.3. The van der Waals surface area contributed by atoms with E-state index in [0.717, 1.165) is 30.3 Å². The number of methoxy groups -OCH3 is 1. The summed E-state index contributed by atoms with van der Waals surface area (Å²) < 4.78 is 25.0. The van der Waals surface area contributed by atoms with Gasteiger partial charge in [0.15, 0.2) is 11.9 Å². The SMILES string of the molecule is C=CCOC1(C)CCN(c2c(C(OC(C)(C)C)C(=O)OC)c(C)cc3nc(NC(=O)OCC[Si](C)(C)C)cn23)CC1. The summed E-state index contributed by atoms with van der Waals surface area (Å²) in [5.41, 5.74) is 1.28. The lowest BCUT2D eigenvalue weighted by atomic mass is 9.92. The molecule has 10 nitrogen and oxygen atoms in total. The largest absolute Gasteiger partial charge is 0.467 e. The maximum absolute atomic E-state index is 13.2. The van der Waals surface area contributed by atoms with E-state index in [-0.39, 0.29) is 5.60 Å². The minimum atomic E-state index is -1.33. The number of nitrogens with zero attached hydrogens (tertiary/aromatic N) is 3. The number of ether oxygens (including phenoxy) is 4. The number of amides is 1. The molecule has 0 aromatic carbocycles. The monoisotopic (exact) mass is 588 g/mol. The fourth-order valence-electron chi connectivity index (χ4n) is 4.82. The molecule has 1 atom stereocenters. The molecule has 2 aromatic rings. The second-order valence-electron chi connectivity index (χ2n) is 13.2. The summed E-state index contributed by atoms with van der Waals surface area (Å²) >= 11 is 0. The number of imidazole rings is 1. The maximum atomic E-state index is 13.2. The molecule has 0 bridgehead atoms. The quantitative estimate of drug-likeness (QED) is 0.190. The number of carbonyl (C=O) groups excluding carboxylic acids is 2. The Morgan fingerprint density at radius 2 is 1.90 bits per heavy atom. The maximum Gasteiger partial charge on any atom is 0.412 e. The normalized spacial score (nSPS) is 16.4. The Hall–Kier alpha value is -2.89. The number of rotatable bonds is 11. The van der Waals surface area contributed by atoms with Crippen LogP contribution in [0.15, 0.2) is 24.9 Å². The number of piperidine rings is 1. The topological polar surface area (TPSA) is 104 Å². The van der Waals surface area contributed by atoms with Gasteiger partial charge < -0.3 is 23.8 Å². The van der Waals surface area contributed by atoms with Crippen molar-refractivity contribution < 1.29 is 28.5 Å². The molecule has 1 N–H and O–H groups in total. The van der Waals surface area contributed by atoms with Crippen LogP contribution in [0.25, 0.3) is 5.65 Å². The van der Waals surface area contributed by atoms with Crippen LogP contribution in [-0.4, -0.2) is 74.1 Å². The molecule has 228 valence electrons. The van der Waals surface area contributed by atoms with Crippen molar-refractivity contribution in [3.63, 3.8) is 0 Å². The number of nitrogens with one attached hydrogen (secondary N) is 1. The van der Waals surface area contributed by atoms with E-state index in [1.54, 1.807) is 12.3 Å². The summed E-state index contributed by atoms with van der Waals surface area (Å²) in [4.78, 5) is 32.6. The molecule has 3 heterocycles. The molecule has 0 spiro atoms. The smallest absolute Gasteiger partial charge is 0.412 e. The number of pyridine rings is 1. The third-order valence-electron chi connectivity index (χ3n) is 7.11. The van der Waals surface area contributed by atoms with Crippen LogP contribution in [0.3, 0.4) is 0 Å². The summed E-state index contributed by atoms with van der Waals surface area (Å²) in [5.74, 6) is 0.658. The lowest BCUT2D eigenvalue weighted by Gasteiger charge is -2.41. The molecule has 1 aliphatic heterocycles. The predicted octanol–water partition coefficient (Wildman–Crippen LogP) is 6.12. The van der Waals surface area contributed by atoms with E-state index in [1.807, 2.05) is 38.2 Å². The van der Waals surface area contributed by atoms with Gasteiger partial charge in [0.2, 0.25) is 0 Å². The highest BCUT2D eigenvalue weighted by Crippen LogP contribution is 2.39. The van der Waals surface area contributed by atoms with Gasteiger partial charge in [-0.05, 0) is 65.1 Å². The van der Waals surface area contributed by atoms with Crippen LogP contribution < -0.4 is 10.2 Å². The molecular weight excluding hydrogens is 540 g/mol. The summed E-state index contributed by atoms with van der Waals surface area (Å²) in [6.45, 7) is 22.5. The molecule has 1 fully saturated rings. The lowest BCUT2D eigenvalue weighted by Crippen LogP contribution is -2.45. The standard InChI is InChI=1S/C30H48N4O6Si/c1-11-16-39-30(6)12-14-33(15-13-30)26-24(25(27(35)37-7)40-29(3,4)5)21(2)19-23-31-22(20-34(23)26)32-28(36)38-17-18-41(8,9)10/h11,19-20,25H,1,12-18H2,2-10H3,(H,32,36). The minimum Gasteiger partial charge on any atom is -0.467 e. The van der Waals surface area contributed by atoms with Crippen molar-refractivity contribution in [1.82, 2.24) is 9.38 Å². The number of hydrogen-bond acceptors (Lipinski definition) is 8. The zero-order chi connectivity index (χ0) is 30.6. The van der Waals surface area contributed by atoms with Gasteiger partial charge in [-0.2, -0.15) is 0 Å². The van der Waals surface area contributed by atoms with E-state index in [2.05, 4.69) is 48.3 Å². The molecule has 3 rings (SSSR count). The first-order chi connectivity index (χ1) is 19.1. The van der Waals surface area contributed by atoms with E-state index >= 15 is 0 Å². The first kappa shape index (κ1) is 32.6. The zero-order valence-electron chi connectivity index (χ0n) is 26.3. The number of anilines is 2. The van der Waals surface area contributed by atoms with Crippen molar-refractivity contribution in [1.29, 1.82) is 0 Å². The number of hydrogen-bond donors (Lipinski definition) is 1. The van der Waals surface area contributed by atoms with Crippen LogP contribution in [0.2, 0.25) is 25.7 Å². The van der Waals surface area contributed by atoms with Gasteiger partial charge in [-0.1, -0.05) is 25.7 Å². The van der Waals surface area contributed by atoms with Gasteiger partial charge in [-0.25, -0.2) is 14.6 Å². The Morgan fingerprint density at radius 1 is 1.24 bits per heavy atom. The van der Waals surface area contributed by atoms with E-state index in [9.17, 15) is 9.59 Å². The van der Waals surface area contributed by atoms with Crippen LogP contribution in [0.4, 0.5) is 16.4 Å². The third kappa shape index (κ3) is 8.80. The highest BCUT2D eigenvalue weighted by molar-refractivity contribution is 6.76. The van der Waals surface area contributed by atoms with Crippen LogP contribution >= 0.6 is 0 Å². The Kier molecular flexibility index (Phi) is 10.3. The Balaban J connectivity index is 2.05. The van der Waals surface area contributed by atoms with Crippen LogP contribution in [0.5, 0.6) is 0 Å². The van der Waals surface area contributed by atoms with Gasteiger partial charge >= 0.3 is 12.1 Å². The Bertz CT molecular complexity index is 1240. The minimum absolute atomic E-state index is 0.279. The molecule has 11 heteroatoms. The average Bonchev–Trinajstić information content (AvgIpc) is 3.25. The summed E-state index contributed by atoms with van der Waals surface area (Å²) in [6, 6.07) is 2.77. The molecular formula is C30H48N4O6Si. The molecule has 2 aromatic heterocycles. The van der Waals surface area contributed by atoms with Gasteiger partial charge in [0.25, 0.3) is 0 Å². The van der Waals surface area contributed by atoms with Crippen molar-refractivity contribution in [3.8, 4) is 0 Å². The number of aromatic nitrogens is 2. The van der Waals surface area contributed by atoms with Crippen molar-refractivity contribution >= 4 is 37.4 Å². The van der Waals surface area contributed by atoms with E-state index in [1.165, 1.54) is 7.11 Å². The van der Waals surface area contributed by atoms with Crippen molar-refractivity contribution in [2.75, 3.05) is 43.6 Å². The predicted molar refractivity (Wildman–Crippen MR) is 165 cm³/mol. The highest BCUT2D eigenvalue weighted by Gasteiger charge is 2.37. The molecule has 1 aliphatic rings. The summed E-state index contributed by atoms with van der Waals surface area (Å²) in [7, 11) is 0.0321. The zero-order valence-corrected chi connectivity index (χ0v) is 27.3. The van der Waals surface area contributed by atoms with Crippen LogP contribution in [0, 0.1) is 6.92 Å². The first-order valence-corrected chi connectivity index (χ1v) is 18.0. The van der Waals surface area contributed by atoms with Crippen molar-refractivity contribution in [2.24, 2.45) is 0 Å². The van der Waals surface area contributed by atoms with Gasteiger partial charge in [0.1, 0.15) is 11.5 Å². The second kappa shape index (κ2) is 13.0. The molecule has 1 unspecified atom stereocenters. The third-order valence-corrected chi connectivity index (χ3v) is 8.81. The fourth-order valence-corrected chi connectivity index (χ4v) is 5.54. The van der Waals surface area contributed by atoms with Crippen LogP contribution in [-0.2, 0) is 23.7 Å². The molecule has 1 saturated heterocycles. The van der Waals surface area contributed by atoms with Crippen molar-refractivity contribution in [2.45, 2.75) is 90.5 Å². The number of fused-ring (bicyclic) bond motifs is 1. The molecule has 0 saturated carbocycles. The van der Waals surface area contributed by atoms with E-state index < -0.39 is 31.8 Å². The summed E-state index contributed by atoms with van der Waals surface area (Å²) in [6.07, 6.45) is 3.59. The Morgan fingerprint density at radius 3 is 2.46 bits per heavy atom.